The molecule has 0 aromatic rings. The number of aliphatic hydroxyl groups excluding tert-OH is 2. The SMILES string of the molecule is CC/C=C\C/C=C\C/C=C\C/C=C\C/C=C\CCCC(CC(=O)NC(CO)C(O)CCCCCCCCCCCCCCC)OC(=O)CCCCCCCCCCCCCCCCCCCC. The minimum Gasteiger partial charge on any atom is -0.462 e. The zero-order valence-corrected chi connectivity index (χ0v) is 44.5. The zero-order chi connectivity index (χ0) is 48.8. The first-order chi connectivity index (χ1) is 33.0. The monoisotopic (exact) mass is 938 g/mol. The molecule has 0 saturated heterocycles. The highest BCUT2D eigenvalue weighted by Gasteiger charge is 2.24. The summed E-state index contributed by atoms with van der Waals surface area (Å²) in [4.78, 5) is 26.3. The molecule has 3 unspecified atom stereocenters. The summed E-state index contributed by atoms with van der Waals surface area (Å²) in [5.41, 5.74) is 0. The molecule has 390 valence electrons. The van der Waals surface area contributed by atoms with Gasteiger partial charge in [0.2, 0.25) is 5.91 Å². The number of nitrogens with one attached hydrogen (secondary N) is 1. The first-order valence-corrected chi connectivity index (χ1v) is 29.0. The summed E-state index contributed by atoms with van der Waals surface area (Å²) >= 11 is 0. The van der Waals surface area contributed by atoms with Crippen molar-refractivity contribution in [2.24, 2.45) is 0 Å². The van der Waals surface area contributed by atoms with Gasteiger partial charge in [0.05, 0.1) is 25.2 Å². The van der Waals surface area contributed by atoms with E-state index in [1.165, 1.54) is 161 Å². The summed E-state index contributed by atoms with van der Waals surface area (Å²) in [6.45, 7) is 6.38. The molecule has 0 fully saturated rings. The minimum absolute atomic E-state index is 0.0402. The third kappa shape index (κ3) is 49.8. The summed E-state index contributed by atoms with van der Waals surface area (Å²) < 4.78 is 5.94. The van der Waals surface area contributed by atoms with Crippen LogP contribution in [-0.4, -0.2) is 46.9 Å². The Labute approximate surface area is 416 Å². The Kier molecular flexibility index (Phi) is 52.5. The van der Waals surface area contributed by atoms with Crippen molar-refractivity contribution in [2.45, 2.75) is 309 Å². The number of carbonyl (C=O) groups is 2. The number of rotatable bonds is 52. The van der Waals surface area contributed by atoms with Gasteiger partial charge in [0, 0.05) is 6.42 Å². The molecule has 3 atom stereocenters. The summed E-state index contributed by atoms with van der Waals surface area (Å²) in [6, 6.07) is -0.720. The molecule has 3 N–H and O–H groups in total. The van der Waals surface area contributed by atoms with Gasteiger partial charge in [-0.2, -0.15) is 0 Å². The Morgan fingerprint density at radius 1 is 0.448 bits per heavy atom. The number of unbranched alkanes of at least 4 members (excludes halogenated alkanes) is 30. The van der Waals surface area contributed by atoms with E-state index in [-0.39, 0.29) is 24.9 Å². The molecule has 0 aliphatic heterocycles. The average molecular weight is 939 g/mol. The van der Waals surface area contributed by atoms with Crippen LogP contribution in [0.15, 0.2) is 60.8 Å². The number of aliphatic hydroxyl groups is 2. The molecule has 0 rings (SSSR count). The van der Waals surface area contributed by atoms with Crippen LogP contribution >= 0.6 is 0 Å². The van der Waals surface area contributed by atoms with Crippen molar-refractivity contribution in [1.82, 2.24) is 5.32 Å². The van der Waals surface area contributed by atoms with Crippen molar-refractivity contribution >= 4 is 11.9 Å². The molecule has 1 amide bonds. The lowest BCUT2D eigenvalue weighted by molar-refractivity contribution is -0.151. The first kappa shape index (κ1) is 64.6. The van der Waals surface area contributed by atoms with E-state index in [4.69, 9.17) is 4.74 Å². The predicted molar refractivity (Wildman–Crippen MR) is 292 cm³/mol. The fraction of sp³-hybridized carbons (Fsp3) is 0.803. The minimum atomic E-state index is -0.803. The molecule has 6 nitrogen and oxygen atoms in total. The number of allylic oxidation sites excluding steroid dienone is 10. The topological polar surface area (TPSA) is 95.9 Å². The molecule has 0 bridgehead atoms. The second kappa shape index (κ2) is 54.5. The summed E-state index contributed by atoms with van der Waals surface area (Å²) in [6.07, 6.45) is 68.6. The van der Waals surface area contributed by atoms with Crippen molar-refractivity contribution in [3.8, 4) is 0 Å². The molecule has 0 heterocycles. The van der Waals surface area contributed by atoms with Gasteiger partial charge in [-0.1, -0.05) is 274 Å². The van der Waals surface area contributed by atoms with Gasteiger partial charge >= 0.3 is 5.97 Å². The van der Waals surface area contributed by atoms with Gasteiger partial charge in [-0.15, -0.1) is 0 Å². The zero-order valence-electron chi connectivity index (χ0n) is 44.5. The number of hydrogen-bond acceptors (Lipinski definition) is 5. The molecule has 0 aliphatic rings. The lowest BCUT2D eigenvalue weighted by atomic mass is 10.0. The molecule has 0 radical (unpaired) electrons. The van der Waals surface area contributed by atoms with Crippen molar-refractivity contribution in [2.75, 3.05) is 6.61 Å². The summed E-state index contributed by atoms with van der Waals surface area (Å²) in [5, 5.41) is 23.8. The van der Waals surface area contributed by atoms with Crippen LogP contribution in [0.5, 0.6) is 0 Å². The fourth-order valence-corrected chi connectivity index (χ4v) is 8.76. The maximum atomic E-state index is 13.3. The van der Waals surface area contributed by atoms with E-state index in [0.717, 1.165) is 83.5 Å². The number of esters is 1. The Hall–Kier alpha value is -2.44. The van der Waals surface area contributed by atoms with Crippen molar-refractivity contribution < 1.29 is 24.5 Å². The predicted octanol–water partition coefficient (Wildman–Crippen LogP) is 18.0. The van der Waals surface area contributed by atoms with Crippen LogP contribution in [0, 0.1) is 0 Å². The summed E-state index contributed by atoms with van der Waals surface area (Å²) in [7, 11) is 0. The van der Waals surface area contributed by atoms with Gasteiger partial charge in [0.1, 0.15) is 6.10 Å². The van der Waals surface area contributed by atoms with E-state index >= 15 is 0 Å². The Morgan fingerprint density at radius 3 is 1.19 bits per heavy atom. The maximum absolute atomic E-state index is 13.3. The van der Waals surface area contributed by atoms with Crippen LogP contribution in [0.3, 0.4) is 0 Å². The lowest BCUT2D eigenvalue weighted by Crippen LogP contribution is -2.46. The van der Waals surface area contributed by atoms with E-state index in [1.807, 2.05) is 0 Å². The van der Waals surface area contributed by atoms with Crippen LogP contribution in [0.25, 0.3) is 0 Å². The standard InChI is InChI=1S/C61H111NO5/c1-4-7-10-13-16-19-22-25-27-29-31-33-36-39-42-45-48-51-54-61(66)67-57(52-49-46-43-40-37-35-32-30-28-26-23-20-17-14-11-8-5-2)55-60(65)62-58(56-63)59(64)53-50-47-44-41-38-34-24-21-18-15-12-9-6-3/h8,11,17,20,26,28,32,35,40,43,57-59,63-64H,4-7,9-10,12-16,18-19,21-25,27,29-31,33-34,36-39,41-42,44-56H2,1-3H3,(H,62,65)/b11-8-,20-17-,28-26-,35-32-,43-40-. The van der Waals surface area contributed by atoms with Crippen LogP contribution in [0.4, 0.5) is 0 Å². The van der Waals surface area contributed by atoms with E-state index in [0.29, 0.717) is 19.3 Å². The lowest BCUT2D eigenvalue weighted by Gasteiger charge is -2.24. The second-order valence-corrected chi connectivity index (χ2v) is 19.7. The third-order valence-corrected chi connectivity index (χ3v) is 13.1. The second-order valence-electron chi connectivity index (χ2n) is 19.7. The summed E-state index contributed by atoms with van der Waals surface area (Å²) in [5.74, 6) is -0.519. The number of carbonyl (C=O) groups excluding carboxylic acids is 2. The molecule has 0 aliphatic carbocycles. The van der Waals surface area contributed by atoms with E-state index < -0.39 is 18.2 Å². The molecular weight excluding hydrogens is 827 g/mol. The quantitative estimate of drug-likeness (QED) is 0.0321. The van der Waals surface area contributed by atoms with Gasteiger partial charge in [-0.05, 0) is 64.2 Å². The molecule has 6 heteroatoms. The van der Waals surface area contributed by atoms with Crippen LogP contribution in [-0.2, 0) is 14.3 Å². The Bertz CT molecular complexity index is 1190. The van der Waals surface area contributed by atoms with Gasteiger partial charge in [0.25, 0.3) is 0 Å². The molecule has 67 heavy (non-hydrogen) atoms. The van der Waals surface area contributed by atoms with Crippen molar-refractivity contribution in [3.63, 3.8) is 0 Å². The van der Waals surface area contributed by atoms with Gasteiger partial charge in [0.15, 0.2) is 0 Å². The first-order valence-electron chi connectivity index (χ1n) is 29.0. The maximum Gasteiger partial charge on any atom is 0.306 e. The fourth-order valence-electron chi connectivity index (χ4n) is 8.76. The average Bonchev–Trinajstić information content (AvgIpc) is 3.32. The number of ether oxygens (including phenoxy) is 1. The van der Waals surface area contributed by atoms with Gasteiger partial charge in [-0.25, -0.2) is 0 Å². The largest absolute Gasteiger partial charge is 0.462 e. The van der Waals surface area contributed by atoms with Gasteiger partial charge < -0.3 is 20.3 Å². The highest BCUT2D eigenvalue weighted by Crippen LogP contribution is 2.18. The number of hydrogen-bond donors (Lipinski definition) is 3. The van der Waals surface area contributed by atoms with E-state index in [1.54, 1.807) is 0 Å². The van der Waals surface area contributed by atoms with Crippen LogP contribution < -0.4 is 5.32 Å². The van der Waals surface area contributed by atoms with E-state index in [2.05, 4.69) is 86.8 Å². The van der Waals surface area contributed by atoms with Gasteiger partial charge in [-0.3, -0.25) is 9.59 Å². The molecular formula is C61H111NO5. The molecule has 0 saturated carbocycles. The van der Waals surface area contributed by atoms with Crippen LogP contribution in [0.2, 0.25) is 0 Å². The smallest absolute Gasteiger partial charge is 0.306 e. The highest BCUT2D eigenvalue weighted by molar-refractivity contribution is 5.77. The molecule has 0 aromatic carbocycles. The Balaban J connectivity index is 4.63. The highest BCUT2D eigenvalue weighted by atomic mass is 16.5. The molecule has 0 aromatic heterocycles. The van der Waals surface area contributed by atoms with E-state index in [9.17, 15) is 19.8 Å². The third-order valence-electron chi connectivity index (χ3n) is 13.1. The molecule has 0 spiro atoms. The normalized spacial score (nSPS) is 13.6. The number of amides is 1. The van der Waals surface area contributed by atoms with Crippen LogP contribution in [0.1, 0.15) is 290 Å². The van der Waals surface area contributed by atoms with Crippen molar-refractivity contribution in [3.05, 3.63) is 60.8 Å². The Morgan fingerprint density at radius 2 is 0.806 bits per heavy atom. The van der Waals surface area contributed by atoms with Crippen molar-refractivity contribution in [1.29, 1.82) is 0 Å².